The number of pyridine rings is 6. The van der Waals surface area contributed by atoms with E-state index < -0.39 is 0 Å². The van der Waals surface area contributed by atoms with Crippen LogP contribution < -0.4 is 9.47 Å². The predicted octanol–water partition coefficient (Wildman–Crippen LogP) is 10.7. The number of methoxy groups -OCH3 is 2. The Morgan fingerprint density at radius 3 is 1.05 bits per heavy atom. The highest BCUT2D eigenvalue weighted by molar-refractivity contribution is 5.99. The number of piperidine rings is 7. The van der Waals surface area contributed by atoms with Crippen LogP contribution in [0.2, 0.25) is 0 Å². The highest BCUT2D eigenvalue weighted by Gasteiger charge is 2.55. The summed E-state index contributed by atoms with van der Waals surface area (Å²) in [6, 6.07) is 33.3. The minimum atomic E-state index is -0.00944. The number of carbonyl (C=O) groups is 7. The Morgan fingerprint density at radius 2 is 0.696 bits per heavy atom. The van der Waals surface area contributed by atoms with E-state index in [2.05, 4.69) is 186 Å². The number of nitrogens with zero attached hydrogens (tertiary/aromatic N) is 22. The van der Waals surface area contributed by atoms with Crippen molar-refractivity contribution in [1.82, 2.24) is 109 Å². The molecule has 135 heavy (non-hydrogen) atoms. The van der Waals surface area contributed by atoms with Crippen LogP contribution in [0.15, 0.2) is 122 Å². The Morgan fingerprint density at radius 1 is 0.304 bits per heavy atom. The summed E-state index contributed by atoms with van der Waals surface area (Å²) in [5.41, 5.74) is 9.24. The van der Waals surface area contributed by atoms with Gasteiger partial charge in [-0.05, 0) is 254 Å². The Hall–Kier alpha value is -10.4. The van der Waals surface area contributed by atoms with Gasteiger partial charge in [0.1, 0.15) is 17.1 Å². The van der Waals surface area contributed by atoms with Crippen LogP contribution in [0.4, 0.5) is 0 Å². The molecule has 7 aromatic heterocycles. The Bertz CT molecular complexity index is 5050. The van der Waals surface area contributed by atoms with E-state index in [-0.39, 0.29) is 41.4 Å². The van der Waals surface area contributed by atoms with Crippen molar-refractivity contribution >= 4 is 41.4 Å². The molecule has 14 saturated heterocycles. The van der Waals surface area contributed by atoms with Gasteiger partial charge in [0, 0.05) is 279 Å². The molecule has 31 heteroatoms. The number of piperazine rings is 7. The fourth-order valence-electron chi connectivity index (χ4n) is 22.2. The molecule has 0 radical (unpaired) electrons. The average Bonchev–Trinajstić information content (AvgIpc) is 0.754. The monoisotopic (exact) mass is 1850 g/mol. The number of aryl methyl sites for hydroxylation is 5. The zero-order chi connectivity index (χ0) is 96.4. The van der Waals surface area contributed by atoms with Crippen LogP contribution in [0, 0.1) is 34.6 Å². The number of hydrogen-bond acceptors (Lipinski definition) is 24. The van der Waals surface area contributed by atoms with E-state index in [0.29, 0.717) is 161 Å². The van der Waals surface area contributed by atoms with Crippen molar-refractivity contribution in [3.05, 3.63) is 190 Å². The number of hydrogen-bond donors (Lipinski definition) is 0. The Kier molecular flexibility index (Phi) is 31.3. The van der Waals surface area contributed by atoms with E-state index in [4.69, 9.17) is 9.47 Å². The van der Waals surface area contributed by atoms with E-state index in [1.165, 1.54) is 7.11 Å². The van der Waals surface area contributed by atoms with Crippen LogP contribution in [0.3, 0.4) is 0 Å². The first kappa shape index (κ1) is 99.1. The zero-order valence-corrected chi connectivity index (χ0v) is 83.5. The number of aromatic nitrogens is 8. The summed E-state index contributed by atoms with van der Waals surface area (Å²) in [5, 5.41) is 7.82. The molecular weight excluding hydrogens is 1700 g/mol. The predicted molar refractivity (Wildman–Crippen MR) is 520 cm³/mol. The Labute approximate surface area is 799 Å². The molecule has 14 atom stereocenters. The molecular formula is C104H146N22O9. The van der Waals surface area contributed by atoms with Crippen LogP contribution in [-0.2, 0) is 0 Å². The highest BCUT2D eigenvalue weighted by atomic mass is 16.5. The molecule has 0 saturated carbocycles. The molecule has 0 aromatic carbocycles. The lowest BCUT2D eigenvalue weighted by Crippen LogP contribution is -2.70. The lowest BCUT2D eigenvalue weighted by Gasteiger charge is -2.57. The smallest absolute Gasteiger partial charge is 0.274 e. The Balaban J connectivity index is 0.000000120. The summed E-state index contributed by atoms with van der Waals surface area (Å²) in [7, 11) is 3.12. The number of rotatable bonds is 16. The lowest BCUT2D eigenvalue weighted by molar-refractivity contribution is -0.0568. The SMILES string of the molecule is COc1ccc(C(=O)N2C3CC2CN(C(C)C)C3)nn1.COc1cncc(C(=O)N2C3CC2CN(C(C)C)C3)c1.Cc1ccc(C(=O)N2C3CC2CN(C(C)C)C3)cn1.Cc1cccc(C(=O)N2C3CC2CN(C(C)C)C3)n1.Cc1ccnc(C(=O)N2C3CC2CN(C(C)C)C3)c1.Cc1ccncc1C(=O)N1C2CC1CN(C(C)C)C2.Cc1ncccc1C(=O)N1C2CC1CN(C(C)C)C2. The molecule has 31 nitrogen and oxygen atoms in total. The summed E-state index contributed by atoms with van der Waals surface area (Å²) >= 11 is 0. The van der Waals surface area contributed by atoms with E-state index in [1.54, 1.807) is 68.7 Å². The normalized spacial score (nSPS) is 26.1. The molecule has 7 aromatic rings. The number of amides is 7. The van der Waals surface area contributed by atoms with Gasteiger partial charge < -0.3 is 43.8 Å². The summed E-state index contributed by atoms with van der Waals surface area (Å²) < 4.78 is 10.1. The highest BCUT2D eigenvalue weighted by Crippen LogP contribution is 2.42. The first-order valence-electron chi connectivity index (χ1n) is 49.5. The van der Waals surface area contributed by atoms with Crippen molar-refractivity contribution in [2.75, 3.05) is 106 Å². The van der Waals surface area contributed by atoms with Crippen molar-refractivity contribution in [2.24, 2.45) is 0 Å². The maximum Gasteiger partial charge on any atom is 0.274 e. The molecule has 0 aliphatic carbocycles. The van der Waals surface area contributed by atoms with Gasteiger partial charge in [0.2, 0.25) is 5.88 Å². The summed E-state index contributed by atoms with van der Waals surface area (Å²) in [5.74, 6) is 1.82. The summed E-state index contributed by atoms with van der Waals surface area (Å²) in [6.45, 7) is 54.8. The van der Waals surface area contributed by atoms with Crippen molar-refractivity contribution in [3.63, 3.8) is 0 Å². The maximum atomic E-state index is 12.6. The van der Waals surface area contributed by atoms with E-state index in [0.717, 1.165) is 181 Å². The van der Waals surface area contributed by atoms with Crippen LogP contribution >= 0.6 is 0 Å². The van der Waals surface area contributed by atoms with E-state index in [1.807, 2.05) is 115 Å². The number of fused-ring (bicyclic) bond motifs is 14. The van der Waals surface area contributed by atoms with Gasteiger partial charge in [-0.1, -0.05) is 6.07 Å². The molecule has 0 spiro atoms. The van der Waals surface area contributed by atoms with Gasteiger partial charge in [0.05, 0.1) is 42.7 Å². The molecule has 14 fully saturated rings. The lowest BCUT2D eigenvalue weighted by atomic mass is 9.85. The third-order valence-electron chi connectivity index (χ3n) is 30.5. The molecule has 21 heterocycles. The number of carbonyl (C=O) groups excluding carboxylic acids is 7. The minimum absolute atomic E-state index is 0.00944. The van der Waals surface area contributed by atoms with Crippen molar-refractivity contribution < 1.29 is 43.0 Å². The van der Waals surface area contributed by atoms with Gasteiger partial charge in [-0.3, -0.25) is 92.8 Å². The maximum absolute atomic E-state index is 12.6. The quantitative estimate of drug-likeness (QED) is 0.0868. The zero-order valence-electron chi connectivity index (χ0n) is 83.5. The second-order valence-electron chi connectivity index (χ2n) is 41.6. The van der Waals surface area contributed by atoms with Gasteiger partial charge in [-0.15, -0.1) is 10.2 Å². The summed E-state index contributed by atoms with van der Waals surface area (Å²) in [6.07, 6.45) is 19.9. The standard InChI is InChI=1S/C15H21N3O2.5C15H21N3O.C14H20N4O2/c1-10(2)17-8-12-5-13(9-17)18(12)15(19)11-4-14(20-3)7-16-6-11;1-10(2)17-8-12-6-13(9-17)18(12)15(19)14-7-16-5-4-11(14)3;1-10(2)17-8-13-6-14(9-17)18(13)15(19)12-5-4-11(3)16-7-12;1-10(2)17-8-12-7-13(9-17)18(12)15(19)14-6-11(3)4-5-16-14;1-10(2)17-8-12-7-13(9-17)18(12)15(19)14-5-4-6-16-11(14)3;1-10(2)17-8-12-7-13(9-17)18(12)15(19)14-6-4-5-11(3)16-14;1-9(2)17-7-10-6-11(8-17)18(10)14(19)12-4-5-13(20-3)16-15-12/h4,6-7,10,12-13H,5,8-9H2,1-3H3;4-5,7,10,12-13H,6,8-9H2,1-3H3;4-5,7,10,13-14H,6,8-9H2,1-3H3;3*4-6,10,12-13H,7-9H2,1-3H3;4-5,9-11H,6-8H2,1-3H3. The summed E-state index contributed by atoms with van der Waals surface area (Å²) in [4.78, 5) is 144. The van der Waals surface area contributed by atoms with Crippen molar-refractivity contribution in [2.45, 2.75) is 303 Å². The van der Waals surface area contributed by atoms with Crippen molar-refractivity contribution in [3.8, 4) is 11.6 Å². The van der Waals surface area contributed by atoms with E-state index >= 15 is 0 Å². The fraction of sp³-hybridized carbons (Fsp3) is 0.606. The molecule has 14 unspecified atom stereocenters. The average molecular weight is 1850 g/mol. The van der Waals surface area contributed by atoms with Crippen LogP contribution in [0.5, 0.6) is 11.6 Å². The number of ether oxygens (including phenoxy) is 2. The first-order chi connectivity index (χ1) is 64.5. The van der Waals surface area contributed by atoms with Crippen LogP contribution in [0.1, 0.15) is 243 Å². The third kappa shape index (κ3) is 21.8. The van der Waals surface area contributed by atoms with Gasteiger partial charge in [-0.25, -0.2) is 4.98 Å². The van der Waals surface area contributed by atoms with Gasteiger partial charge >= 0.3 is 0 Å². The number of likely N-dealkylation sites (tertiary alicyclic amines) is 14. The molecule has 0 N–H and O–H groups in total. The van der Waals surface area contributed by atoms with Crippen LogP contribution in [-0.4, -0.2) is 383 Å². The van der Waals surface area contributed by atoms with E-state index in [9.17, 15) is 33.6 Å². The minimum Gasteiger partial charge on any atom is -0.495 e. The molecule has 14 aliphatic rings. The second-order valence-corrected chi connectivity index (χ2v) is 41.6. The third-order valence-corrected chi connectivity index (χ3v) is 30.5. The first-order valence-corrected chi connectivity index (χ1v) is 49.5. The molecule has 21 rings (SSSR count). The molecule has 726 valence electrons. The topological polar surface area (TPSA) is 286 Å². The molecule has 7 amide bonds. The fourth-order valence-corrected chi connectivity index (χ4v) is 22.2. The largest absolute Gasteiger partial charge is 0.495 e. The van der Waals surface area contributed by atoms with Gasteiger partial charge in [0.15, 0.2) is 5.69 Å². The van der Waals surface area contributed by atoms with Gasteiger partial charge in [-0.2, -0.15) is 0 Å². The molecule has 14 bridgehead atoms. The van der Waals surface area contributed by atoms with Crippen molar-refractivity contribution in [1.29, 1.82) is 0 Å². The second kappa shape index (κ2) is 42.7. The molecule has 14 aliphatic heterocycles. The van der Waals surface area contributed by atoms with Gasteiger partial charge in [0.25, 0.3) is 41.4 Å². The van der Waals surface area contributed by atoms with Crippen LogP contribution in [0.25, 0.3) is 0 Å².